The molecular weight excluding hydrogens is 214 g/mol. The van der Waals surface area contributed by atoms with E-state index in [2.05, 4.69) is 24.3 Å². The van der Waals surface area contributed by atoms with Gasteiger partial charge in [0.25, 0.3) is 0 Å². The van der Waals surface area contributed by atoms with E-state index < -0.39 is 0 Å². The molecule has 17 heavy (non-hydrogen) atoms. The normalized spacial score (nSPS) is 23.4. The van der Waals surface area contributed by atoms with Gasteiger partial charge in [-0.3, -0.25) is 4.79 Å². The van der Waals surface area contributed by atoms with E-state index in [0.29, 0.717) is 25.4 Å². The second-order valence-corrected chi connectivity index (χ2v) is 5.09. The van der Waals surface area contributed by atoms with Crippen molar-refractivity contribution in [3.05, 3.63) is 35.4 Å². The number of aryl methyl sites for hydroxylation is 1. The van der Waals surface area contributed by atoms with Gasteiger partial charge in [-0.05, 0) is 29.9 Å². The Balaban J connectivity index is 1.65. The van der Waals surface area contributed by atoms with Crippen LogP contribution in [0.5, 0.6) is 0 Å². The molecule has 1 saturated heterocycles. The number of nitrogens with zero attached hydrogens (tertiary/aromatic N) is 1. The number of hydrogen-bond donors (Lipinski definition) is 1. The van der Waals surface area contributed by atoms with Gasteiger partial charge in [0.1, 0.15) is 0 Å². The number of hydrogen-bond acceptors (Lipinski definition) is 2. The van der Waals surface area contributed by atoms with Crippen molar-refractivity contribution in [1.29, 1.82) is 0 Å². The van der Waals surface area contributed by atoms with Gasteiger partial charge in [-0.15, -0.1) is 0 Å². The maximum absolute atomic E-state index is 12.0. The van der Waals surface area contributed by atoms with Crippen LogP contribution in [-0.4, -0.2) is 35.1 Å². The Labute approximate surface area is 101 Å². The summed E-state index contributed by atoms with van der Waals surface area (Å²) >= 11 is 0. The van der Waals surface area contributed by atoms with E-state index in [4.69, 9.17) is 0 Å². The van der Waals surface area contributed by atoms with E-state index >= 15 is 0 Å². The fourth-order valence-electron chi connectivity index (χ4n) is 2.86. The zero-order chi connectivity index (χ0) is 11.8. The van der Waals surface area contributed by atoms with Gasteiger partial charge in [0.15, 0.2) is 0 Å². The van der Waals surface area contributed by atoms with Crippen LogP contribution in [0, 0.1) is 0 Å². The Morgan fingerprint density at radius 3 is 2.88 bits per heavy atom. The third kappa shape index (κ3) is 1.95. The molecule has 1 amide bonds. The molecule has 1 atom stereocenters. The van der Waals surface area contributed by atoms with Gasteiger partial charge in [0, 0.05) is 19.5 Å². The average Bonchev–Trinajstić information content (AvgIpc) is 2.69. The Morgan fingerprint density at radius 2 is 2.12 bits per heavy atom. The van der Waals surface area contributed by atoms with Crippen LogP contribution >= 0.6 is 0 Å². The first-order chi connectivity index (χ1) is 8.24. The molecule has 0 aromatic heterocycles. The van der Waals surface area contributed by atoms with Crippen LogP contribution < -0.4 is 0 Å². The Kier molecular flexibility index (Phi) is 2.63. The minimum absolute atomic E-state index is 0.192. The molecule has 0 bridgehead atoms. The van der Waals surface area contributed by atoms with Gasteiger partial charge in [-0.25, -0.2) is 0 Å². The molecule has 0 spiro atoms. The highest BCUT2D eigenvalue weighted by molar-refractivity contribution is 5.78. The van der Waals surface area contributed by atoms with E-state index in [0.717, 1.165) is 12.8 Å². The topological polar surface area (TPSA) is 40.5 Å². The monoisotopic (exact) mass is 231 g/mol. The minimum Gasteiger partial charge on any atom is -0.389 e. The second kappa shape index (κ2) is 4.15. The SMILES string of the molecule is O=C(C[C@@H]1CCc2ccccc21)N1CC(O)C1. The molecule has 1 aliphatic heterocycles. The molecule has 1 fully saturated rings. The van der Waals surface area contributed by atoms with Crippen molar-refractivity contribution in [2.75, 3.05) is 13.1 Å². The van der Waals surface area contributed by atoms with Crippen molar-refractivity contribution in [3.63, 3.8) is 0 Å². The van der Waals surface area contributed by atoms with Crippen molar-refractivity contribution in [2.24, 2.45) is 0 Å². The first-order valence-electron chi connectivity index (χ1n) is 6.27. The standard InChI is InChI=1S/C14H17NO2/c16-12-8-15(9-12)14(17)7-11-6-5-10-3-1-2-4-13(10)11/h1-4,11-12,16H,5-9H2/t11-/m0/s1. The Bertz CT molecular complexity index is 438. The molecule has 0 saturated carbocycles. The van der Waals surface area contributed by atoms with Crippen LogP contribution in [0.15, 0.2) is 24.3 Å². The third-order valence-electron chi connectivity index (χ3n) is 3.89. The summed E-state index contributed by atoms with van der Waals surface area (Å²) < 4.78 is 0. The van der Waals surface area contributed by atoms with Gasteiger partial charge in [0.05, 0.1) is 6.10 Å². The minimum atomic E-state index is -0.296. The molecular formula is C14H17NO2. The molecule has 1 N–H and O–H groups in total. The highest BCUT2D eigenvalue weighted by Crippen LogP contribution is 2.35. The summed E-state index contributed by atoms with van der Waals surface area (Å²) in [7, 11) is 0. The van der Waals surface area contributed by atoms with Crippen LogP contribution in [0.2, 0.25) is 0 Å². The van der Waals surface area contributed by atoms with Crippen LogP contribution in [0.3, 0.4) is 0 Å². The van der Waals surface area contributed by atoms with Crippen molar-refractivity contribution in [3.8, 4) is 0 Å². The molecule has 0 unspecified atom stereocenters. The van der Waals surface area contributed by atoms with Gasteiger partial charge >= 0.3 is 0 Å². The first-order valence-corrected chi connectivity index (χ1v) is 6.27. The zero-order valence-corrected chi connectivity index (χ0v) is 9.80. The maximum Gasteiger partial charge on any atom is 0.223 e. The Hall–Kier alpha value is -1.35. The van der Waals surface area contributed by atoms with Crippen molar-refractivity contribution < 1.29 is 9.90 Å². The Morgan fingerprint density at radius 1 is 1.35 bits per heavy atom. The maximum atomic E-state index is 12.0. The molecule has 1 heterocycles. The number of aliphatic hydroxyl groups is 1. The van der Waals surface area contributed by atoms with Crippen LogP contribution in [0.4, 0.5) is 0 Å². The number of benzene rings is 1. The molecule has 1 aromatic carbocycles. The summed E-state index contributed by atoms with van der Waals surface area (Å²) in [6.07, 6.45) is 2.48. The number of amides is 1. The largest absolute Gasteiger partial charge is 0.389 e. The molecule has 1 aliphatic carbocycles. The van der Waals surface area contributed by atoms with Gasteiger partial charge < -0.3 is 10.0 Å². The average molecular weight is 231 g/mol. The van der Waals surface area contributed by atoms with Crippen LogP contribution in [0.25, 0.3) is 0 Å². The molecule has 0 radical (unpaired) electrons. The fourth-order valence-corrected chi connectivity index (χ4v) is 2.86. The van der Waals surface area contributed by atoms with Crippen LogP contribution in [0.1, 0.15) is 29.9 Å². The van der Waals surface area contributed by atoms with E-state index in [9.17, 15) is 9.90 Å². The van der Waals surface area contributed by atoms with E-state index in [-0.39, 0.29) is 12.0 Å². The summed E-state index contributed by atoms with van der Waals surface area (Å²) in [5.74, 6) is 0.577. The van der Waals surface area contributed by atoms with Gasteiger partial charge in [-0.1, -0.05) is 24.3 Å². The zero-order valence-electron chi connectivity index (χ0n) is 9.80. The van der Waals surface area contributed by atoms with E-state index in [1.807, 2.05) is 0 Å². The summed E-state index contributed by atoms with van der Waals surface area (Å²) in [6, 6.07) is 8.42. The smallest absolute Gasteiger partial charge is 0.223 e. The quantitative estimate of drug-likeness (QED) is 0.833. The van der Waals surface area contributed by atoms with E-state index in [1.165, 1.54) is 11.1 Å². The predicted octanol–water partition coefficient (Wildman–Crippen LogP) is 1.31. The number of aliphatic hydroxyl groups excluding tert-OH is 1. The number of carbonyl (C=O) groups is 1. The van der Waals surface area contributed by atoms with Crippen molar-refractivity contribution in [2.45, 2.75) is 31.3 Å². The number of fused-ring (bicyclic) bond motifs is 1. The molecule has 3 nitrogen and oxygen atoms in total. The molecule has 3 rings (SSSR count). The van der Waals surface area contributed by atoms with Crippen molar-refractivity contribution >= 4 is 5.91 Å². The van der Waals surface area contributed by atoms with Crippen LogP contribution in [-0.2, 0) is 11.2 Å². The van der Waals surface area contributed by atoms with Crippen molar-refractivity contribution in [1.82, 2.24) is 4.90 Å². The summed E-state index contributed by atoms with van der Waals surface area (Å²) in [6.45, 7) is 1.04. The molecule has 3 heteroatoms. The lowest BCUT2D eigenvalue weighted by atomic mass is 9.96. The third-order valence-corrected chi connectivity index (χ3v) is 3.89. The van der Waals surface area contributed by atoms with Gasteiger partial charge in [0.2, 0.25) is 5.91 Å². The van der Waals surface area contributed by atoms with E-state index in [1.54, 1.807) is 4.90 Å². The fraction of sp³-hybridized carbons (Fsp3) is 0.500. The summed E-state index contributed by atoms with van der Waals surface area (Å²) in [5, 5.41) is 9.19. The lowest BCUT2D eigenvalue weighted by Crippen LogP contribution is -2.53. The highest BCUT2D eigenvalue weighted by Gasteiger charge is 2.32. The number of likely N-dealkylation sites (tertiary alicyclic amines) is 1. The second-order valence-electron chi connectivity index (χ2n) is 5.09. The predicted molar refractivity (Wildman–Crippen MR) is 64.7 cm³/mol. The molecule has 1 aromatic rings. The lowest BCUT2D eigenvalue weighted by Gasteiger charge is -2.36. The molecule has 2 aliphatic rings. The number of carbonyl (C=O) groups excluding carboxylic acids is 1. The number of β-amino-alcohol motifs (C(OH)–C–C–N with tert-alkyl or cyclic N) is 1. The highest BCUT2D eigenvalue weighted by atomic mass is 16.3. The number of rotatable bonds is 2. The van der Waals surface area contributed by atoms with Gasteiger partial charge in [-0.2, -0.15) is 0 Å². The summed E-state index contributed by atoms with van der Waals surface area (Å²) in [4.78, 5) is 13.7. The molecule has 90 valence electrons. The lowest BCUT2D eigenvalue weighted by molar-refractivity contribution is -0.141. The first kappa shape index (κ1) is 10.8. The summed E-state index contributed by atoms with van der Waals surface area (Å²) in [5.41, 5.74) is 2.75.